The van der Waals surface area contributed by atoms with E-state index in [1.54, 1.807) is 12.1 Å². The van der Waals surface area contributed by atoms with Crippen LogP contribution in [0.4, 0.5) is 13.2 Å². The number of nitriles is 2. The smallest absolute Gasteiger partial charge is 0.388 e. The molecule has 138 valence electrons. The molecule has 0 aliphatic carbocycles. The molecule has 6 nitrogen and oxygen atoms in total. The van der Waals surface area contributed by atoms with E-state index in [-0.39, 0.29) is 37.4 Å². The van der Waals surface area contributed by atoms with Crippen LogP contribution < -0.4 is 5.73 Å². The fraction of sp³-hybridized carbons (Fsp3) is 0.0667. The summed E-state index contributed by atoms with van der Waals surface area (Å²) in [6, 6.07) is 4.73. The SMILES string of the molecule is N#CC(N)=C(C#N)N=Cc1ncn(-c2c(Cl)cc(C(F)(F)F)cc2Cl)c1Br. The second-order valence-electron chi connectivity index (χ2n) is 4.82. The van der Waals surface area contributed by atoms with Gasteiger partial charge in [0.05, 0.1) is 27.5 Å². The van der Waals surface area contributed by atoms with Crippen LogP contribution in [0.15, 0.2) is 39.4 Å². The summed E-state index contributed by atoms with van der Waals surface area (Å²) in [7, 11) is 0. The molecule has 2 N–H and O–H groups in total. The lowest BCUT2D eigenvalue weighted by molar-refractivity contribution is -0.137. The number of hydrogen-bond donors (Lipinski definition) is 1. The van der Waals surface area contributed by atoms with Gasteiger partial charge in [-0.25, -0.2) is 9.98 Å². The molecule has 0 radical (unpaired) electrons. The fourth-order valence-corrected chi connectivity index (χ4v) is 3.03. The van der Waals surface area contributed by atoms with Gasteiger partial charge >= 0.3 is 6.18 Å². The molecule has 0 saturated heterocycles. The van der Waals surface area contributed by atoms with E-state index in [2.05, 4.69) is 25.9 Å². The first-order valence-corrected chi connectivity index (χ1v) is 8.28. The molecule has 2 rings (SSSR count). The topological polar surface area (TPSA) is 104 Å². The highest BCUT2D eigenvalue weighted by Gasteiger charge is 2.32. The van der Waals surface area contributed by atoms with Gasteiger partial charge in [-0.2, -0.15) is 23.7 Å². The minimum Gasteiger partial charge on any atom is -0.388 e. The first kappa shape index (κ1) is 20.8. The van der Waals surface area contributed by atoms with Gasteiger partial charge in [0, 0.05) is 0 Å². The third-order valence-corrected chi connectivity index (χ3v) is 4.48. The number of alkyl halides is 3. The molecule has 1 aromatic carbocycles. The lowest BCUT2D eigenvalue weighted by Gasteiger charge is -2.13. The van der Waals surface area contributed by atoms with E-state index in [0.717, 1.165) is 18.3 Å². The molecular formula is C15H6BrCl2F3N6. The number of nitrogens with two attached hydrogens (primary N) is 1. The van der Waals surface area contributed by atoms with E-state index in [1.165, 1.54) is 10.9 Å². The number of aromatic nitrogens is 2. The number of allylic oxidation sites excluding steroid dienone is 2. The number of rotatable bonds is 3. The molecule has 0 atom stereocenters. The largest absolute Gasteiger partial charge is 0.416 e. The van der Waals surface area contributed by atoms with Gasteiger partial charge in [-0.15, -0.1) is 0 Å². The Labute approximate surface area is 169 Å². The van der Waals surface area contributed by atoms with Gasteiger partial charge < -0.3 is 5.73 Å². The van der Waals surface area contributed by atoms with E-state index in [9.17, 15) is 13.2 Å². The molecule has 0 aliphatic rings. The number of hydrogen-bond acceptors (Lipinski definition) is 5. The van der Waals surface area contributed by atoms with Gasteiger partial charge in [-0.3, -0.25) is 4.57 Å². The van der Waals surface area contributed by atoms with Gasteiger partial charge in [-0.1, -0.05) is 23.2 Å². The summed E-state index contributed by atoms with van der Waals surface area (Å²) < 4.78 is 40.1. The van der Waals surface area contributed by atoms with Crippen LogP contribution in [0.25, 0.3) is 5.69 Å². The highest BCUT2D eigenvalue weighted by atomic mass is 79.9. The molecule has 0 fully saturated rings. The van der Waals surface area contributed by atoms with Crippen molar-refractivity contribution in [3.63, 3.8) is 0 Å². The summed E-state index contributed by atoms with van der Waals surface area (Å²) in [5, 5.41) is 17.1. The molecule has 2 aromatic rings. The highest BCUT2D eigenvalue weighted by molar-refractivity contribution is 9.10. The first-order valence-electron chi connectivity index (χ1n) is 6.73. The zero-order chi connectivity index (χ0) is 20.4. The van der Waals surface area contributed by atoms with Crippen molar-refractivity contribution in [2.45, 2.75) is 6.18 Å². The maximum Gasteiger partial charge on any atom is 0.416 e. The molecule has 12 heteroatoms. The standard InChI is InChI=1S/C15H6BrCl2F3N6/c16-14-12(5-25-11(4-23)10(24)3-22)26-6-27(14)13-8(17)1-7(2-9(13)18)15(19,20)21/h1-2,5-6H,24H2. The second-order valence-corrected chi connectivity index (χ2v) is 6.39. The fourth-order valence-electron chi connectivity index (χ4n) is 1.89. The van der Waals surface area contributed by atoms with Crippen molar-refractivity contribution in [3.8, 4) is 17.8 Å². The summed E-state index contributed by atoms with van der Waals surface area (Å²) in [5.74, 6) is 0. The summed E-state index contributed by atoms with van der Waals surface area (Å²) in [6.45, 7) is 0. The van der Waals surface area contributed by atoms with Crippen LogP contribution in [0.2, 0.25) is 10.0 Å². The lowest BCUT2D eigenvalue weighted by Crippen LogP contribution is -2.06. The molecule has 0 amide bonds. The molecule has 1 heterocycles. The van der Waals surface area contributed by atoms with Gasteiger partial charge in [0.15, 0.2) is 5.70 Å². The Morgan fingerprint density at radius 1 is 1.26 bits per heavy atom. The third kappa shape index (κ3) is 4.42. The normalized spacial score (nSPS) is 12.6. The van der Waals surface area contributed by atoms with Crippen molar-refractivity contribution in [3.05, 3.63) is 55.8 Å². The second kappa shape index (κ2) is 8.01. The van der Waals surface area contributed by atoms with Crippen LogP contribution in [-0.2, 0) is 6.18 Å². The van der Waals surface area contributed by atoms with Gasteiger partial charge in [0.1, 0.15) is 34.5 Å². The van der Waals surface area contributed by atoms with Crippen LogP contribution in [0.5, 0.6) is 0 Å². The Balaban J connectivity index is 2.51. The zero-order valence-corrected chi connectivity index (χ0v) is 16.0. The maximum absolute atomic E-state index is 12.8. The first-order chi connectivity index (χ1) is 12.6. The van der Waals surface area contributed by atoms with Crippen molar-refractivity contribution in [2.24, 2.45) is 10.7 Å². The number of aliphatic imine (C=N–C) groups is 1. The van der Waals surface area contributed by atoms with Crippen LogP contribution in [0, 0.1) is 22.7 Å². The quantitative estimate of drug-likeness (QED) is 0.515. The molecule has 27 heavy (non-hydrogen) atoms. The van der Waals surface area contributed by atoms with E-state index in [4.69, 9.17) is 39.5 Å². The monoisotopic (exact) mass is 476 g/mol. The predicted molar refractivity (Wildman–Crippen MR) is 96.3 cm³/mol. The van der Waals surface area contributed by atoms with Crippen LogP contribution >= 0.6 is 39.1 Å². The van der Waals surface area contributed by atoms with E-state index in [0.29, 0.717) is 0 Å². The zero-order valence-electron chi connectivity index (χ0n) is 12.9. The Kier molecular flexibility index (Phi) is 6.16. The van der Waals surface area contributed by atoms with Crippen molar-refractivity contribution in [2.75, 3.05) is 0 Å². The van der Waals surface area contributed by atoms with Crippen LogP contribution in [-0.4, -0.2) is 15.8 Å². The molecule has 0 saturated carbocycles. The van der Waals surface area contributed by atoms with Gasteiger partial charge in [0.25, 0.3) is 0 Å². The lowest BCUT2D eigenvalue weighted by atomic mass is 10.2. The molecule has 0 bridgehead atoms. The molecule has 1 aromatic heterocycles. The Morgan fingerprint density at radius 2 is 1.85 bits per heavy atom. The van der Waals surface area contributed by atoms with Gasteiger partial charge in [0.2, 0.25) is 0 Å². The average molecular weight is 478 g/mol. The van der Waals surface area contributed by atoms with E-state index in [1.807, 2.05) is 0 Å². The van der Waals surface area contributed by atoms with Gasteiger partial charge in [-0.05, 0) is 28.1 Å². The van der Waals surface area contributed by atoms with E-state index < -0.39 is 11.7 Å². The molecular weight excluding hydrogens is 472 g/mol. The number of benzene rings is 1. The Hall–Kier alpha value is -2.53. The Bertz CT molecular complexity index is 1020. The van der Waals surface area contributed by atoms with Crippen LogP contribution in [0.3, 0.4) is 0 Å². The average Bonchev–Trinajstić information content (AvgIpc) is 2.94. The van der Waals surface area contributed by atoms with E-state index >= 15 is 0 Å². The van der Waals surface area contributed by atoms with Crippen molar-refractivity contribution < 1.29 is 13.2 Å². The summed E-state index contributed by atoms with van der Waals surface area (Å²) >= 11 is 15.2. The predicted octanol–water partition coefficient (Wildman–Crippen LogP) is 4.60. The summed E-state index contributed by atoms with van der Waals surface area (Å²) in [6.07, 6.45) is -2.21. The third-order valence-electron chi connectivity index (χ3n) is 3.12. The molecule has 0 spiro atoms. The summed E-state index contributed by atoms with van der Waals surface area (Å²) in [5.41, 5.74) is 3.91. The van der Waals surface area contributed by atoms with Crippen molar-refractivity contribution in [1.29, 1.82) is 10.5 Å². The highest BCUT2D eigenvalue weighted by Crippen LogP contribution is 2.38. The molecule has 0 unspecified atom stereocenters. The van der Waals surface area contributed by atoms with Crippen molar-refractivity contribution in [1.82, 2.24) is 9.55 Å². The molecule has 0 aliphatic heterocycles. The van der Waals surface area contributed by atoms with Crippen LogP contribution in [0.1, 0.15) is 11.3 Å². The number of halogens is 6. The number of imidazole rings is 1. The maximum atomic E-state index is 12.8. The Morgan fingerprint density at radius 3 is 2.33 bits per heavy atom. The van der Waals surface area contributed by atoms with Crippen molar-refractivity contribution >= 4 is 45.3 Å². The number of nitrogens with zero attached hydrogens (tertiary/aromatic N) is 5. The minimum absolute atomic E-state index is 0.0675. The minimum atomic E-state index is -4.60. The summed E-state index contributed by atoms with van der Waals surface area (Å²) in [4.78, 5) is 7.78.